The van der Waals surface area contributed by atoms with Crippen molar-refractivity contribution in [2.24, 2.45) is 40.2 Å². The highest BCUT2D eigenvalue weighted by Gasteiger charge is 2.69. The van der Waals surface area contributed by atoms with E-state index in [2.05, 4.69) is 50.6 Å². The highest BCUT2D eigenvalue weighted by atomic mass is 16.2. The van der Waals surface area contributed by atoms with Crippen molar-refractivity contribution in [3.8, 4) is 0 Å². The van der Waals surface area contributed by atoms with Gasteiger partial charge >= 0.3 is 6.03 Å². The Kier molecular flexibility index (Phi) is 9.58. The lowest BCUT2D eigenvalue weighted by atomic mass is 9.80. The number of primary amides is 1. The van der Waals surface area contributed by atoms with Crippen molar-refractivity contribution in [1.82, 2.24) is 20.9 Å². The Labute approximate surface area is 257 Å². The van der Waals surface area contributed by atoms with Crippen molar-refractivity contribution in [2.75, 3.05) is 6.54 Å². The number of nitrogens with two attached hydrogens (primary N) is 1. The Bertz CT molecular complexity index is 1100. The molecule has 3 saturated carbocycles. The number of carbonyl (C=O) groups is 5. The SMILES string of the molecule is CC(C)(C)CC(C)(C)NC(=O)N[C@H](C(=O)N1CC2C([C@H]1C(=O)NC(CC1CCC1)C(=O)C(N)=O)C2(C)C)C1CCCCC1. The van der Waals surface area contributed by atoms with Gasteiger partial charge < -0.3 is 26.6 Å². The van der Waals surface area contributed by atoms with Crippen molar-refractivity contribution in [3.05, 3.63) is 0 Å². The maximum Gasteiger partial charge on any atom is 0.315 e. The Hall–Kier alpha value is -2.65. The van der Waals surface area contributed by atoms with Gasteiger partial charge in [-0.2, -0.15) is 0 Å². The second kappa shape index (κ2) is 12.4. The summed E-state index contributed by atoms with van der Waals surface area (Å²) in [5.41, 5.74) is 4.75. The number of amides is 5. The van der Waals surface area contributed by atoms with E-state index >= 15 is 0 Å². The summed E-state index contributed by atoms with van der Waals surface area (Å²) in [7, 11) is 0. The van der Waals surface area contributed by atoms with Crippen LogP contribution in [0.15, 0.2) is 0 Å². The summed E-state index contributed by atoms with van der Waals surface area (Å²) >= 11 is 0. The molecule has 1 heterocycles. The number of likely N-dealkylation sites (tertiary alicyclic amines) is 1. The minimum atomic E-state index is -1.06. The number of carbonyl (C=O) groups excluding carboxylic acids is 5. The van der Waals surface area contributed by atoms with Crippen LogP contribution in [0.2, 0.25) is 0 Å². The van der Waals surface area contributed by atoms with Crippen molar-refractivity contribution >= 4 is 29.5 Å². The Morgan fingerprint density at radius 3 is 2.07 bits per heavy atom. The summed E-state index contributed by atoms with van der Waals surface area (Å²) in [5, 5.41) is 8.98. The minimum Gasteiger partial charge on any atom is -0.363 e. The van der Waals surface area contributed by atoms with Gasteiger partial charge in [0, 0.05) is 12.1 Å². The number of hydrogen-bond donors (Lipinski definition) is 4. The highest BCUT2D eigenvalue weighted by molar-refractivity contribution is 6.37. The van der Waals surface area contributed by atoms with Crippen molar-refractivity contribution in [1.29, 1.82) is 0 Å². The lowest BCUT2D eigenvalue weighted by Crippen LogP contribution is -2.61. The molecule has 43 heavy (non-hydrogen) atoms. The number of piperidine rings is 1. The normalized spacial score (nSPS) is 26.9. The maximum absolute atomic E-state index is 14.4. The number of nitrogens with zero attached hydrogens (tertiary/aromatic N) is 1. The molecule has 4 rings (SSSR count). The van der Waals surface area contributed by atoms with Crippen molar-refractivity contribution < 1.29 is 24.0 Å². The van der Waals surface area contributed by atoms with Crippen LogP contribution in [-0.2, 0) is 19.2 Å². The predicted octanol–water partition coefficient (Wildman–Crippen LogP) is 3.66. The monoisotopic (exact) mass is 601 g/mol. The van der Waals surface area contributed by atoms with Gasteiger partial charge in [0.1, 0.15) is 12.1 Å². The molecular weight excluding hydrogens is 546 g/mol. The Morgan fingerprint density at radius 2 is 1.53 bits per heavy atom. The molecule has 4 fully saturated rings. The van der Waals surface area contributed by atoms with Crippen LogP contribution in [0.1, 0.15) is 113 Å². The smallest absolute Gasteiger partial charge is 0.315 e. The molecule has 4 aliphatic rings. The maximum atomic E-state index is 14.4. The lowest BCUT2D eigenvalue weighted by Gasteiger charge is -2.38. The number of Topliss-reactive ketones (excluding diaryl/α,β-unsaturated/α-hetero) is 1. The van der Waals surface area contributed by atoms with E-state index in [1.165, 1.54) is 0 Å². The summed E-state index contributed by atoms with van der Waals surface area (Å²) in [5.74, 6) is -2.17. The van der Waals surface area contributed by atoms with Gasteiger partial charge in [-0.1, -0.05) is 73.1 Å². The molecule has 3 unspecified atom stereocenters. The molecule has 242 valence electrons. The van der Waals surface area contributed by atoms with Crippen LogP contribution < -0.4 is 21.7 Å². The molecule has 10 heteroatoms. The molecule has 1 aliphatic heterocycles. The number of nitrogens with one attached hydrogen (secondary N) is 3. The van der Waals surface area contributed by atoms with Gasteiger partial charge in [-0.3, -0.25) is 19.2 Å². The van der Waals surface area contributed by atoms with Crippen LogP contribution in [0.5, 0.6) is 0 Å². The summed E-state index contributed by atoms with van der Waals surface area (Å²) in [6.45, 7) is 15.0. The average molecular weight is 602 g/mol. The Morgan fingerprint density at radius 1 is 0.907 bits per heavy atom. The first-order chi connectivity index (χ1) is 19.9. The van der Waals surface area contributed by atoms with E-state index in [-0.39, 0.29) is 46.4 Å². The molecule has 3 aliphatic carbocycles. The largest absolute Gasteiger partial charge is 0.363 e. The summed E-state index contributed by atoms with van der Waals surface area (Å²) in [6.07, 6.45) is 8.86. The van der Waals surface area contributed by atoms with Gasteiger partial charge in [0.05, 0.1) is 6.04 Å². The van der Waals surface area contributed by atoms with E-state index in [1.54, 1.807) is 4.90 Å². The molecule has 0 aromatic rings. The first kappa shape index (κ1) is 33.2. The number of fused-ring (bicyclic) bond motifs is 1. The lowest BCUT2D eigenvalue weighted by molar-refractivity contribution is -0.144. The fourth-order valence-corrected chi connectivity index (χ4v) is 8.42. The van der Waals surface area contributed by atoms with Crippen LogP contribution in [-0.4, -0.2) is 64.6 Å². The molecule has 10 nitrogen and oxygen atoms in total. The van der Waals surface area contributed by atoms with Gasteiger partial charge in [-0.25, -0.2) is 4.79 Å². The van der Waals surface area contributed by atoms with E-state index in [1.807, 2.05) is 13.8 Å². The molecule has 0 aromatic heterocycles. The molecule has 5 N–H and O–H groups in total. The third-order valence-corrected chi connectivity index (χ3v) is 10.5. The third kappa shape index (κ3) is 7.72. The van der Waals surface area contributed by atoms with E-state index in [0.717, 1.165) is 57.8 Å². The summed E-state index contributed by atoms with van der Waals surface area (Å²) in [4.78, 5) is 67.9. The molecule has 1 saturated heterocycles. The fraction of sp³-hybridized carbons (Fsp3) is 0.848. The topological polar surface area (TPSA) is 151 Å². The zero-order chi connectivity index (χ0) is 31.9. The molecular formula is C33H55N5O5. The predicted molar refractivity (Wildman–Crippen MR) is 165 cm³/mol. The molecule has 0 aromatic carbocycles. The van der Waals surface area contributed by atoms with Crippen LogP contribution in [0.3, 0.4) is 0 Å². The van der Waals surface area contributed by atoms with Crippen LogP contribution >= 0.6 is 0 Å². The van der Waals surface area contributed by atoms with Crippen LogP contribution in [0, 0.1) is 34.5 Å². The molecule has 5 atom stereocenters. The number of ketones is 1. The molecule has 0 bridgehead atoms. The first-order valence-electron chi connectivity index (χ1n) is 16.4. The third-order valence-electron chi connectivity index (χ3n) is 10.5. The quantitative estimate of drug-likeness (QED) is 0.267. The van der Waals surface area contributed by atoms with Gasteiger partial charge in [-0.15, -0.1) is 0 Å². The first-order valence-corrected chi connectivity index (χ1v) is 16.4. The van der Waals surface area contributed by atoms with Gasteiger partial charge in [0.25, 0.3) is 5.91 Å². The second-order valence-electron chi connectivity index (χ2n) is 16.3. The highest BCUT2D eigenvalue weighted by Crippen LogP contribution is 2.65. The summed E-state index contributed by atoms with van der Waals surface area (Å²) in [6, 6.07) is -2.89. The molecule has 5 amide bonds. The Balaban J connectivity index is 1.54. The molecule has 0 radical (unpaired) electrons. The van der Waals surface area contributed by atoms with Crippen molar-refractivity contribution in [2.45, 2.75) is 136 Å². The van der Waals surface area contributed by atoms with E-state index in [0.29, 0.717) is 13.0 Å². The average Bonchev–Trinajstić information content (AvgIpc) is 3.19. The van der Waals surface area contributed by atoms with E-state index < -0.39 is 41.3 Å². The minimum absolute atomic E-state index is 0.00568. The van der Waals surface area contributed by atoms with Gasteiger partial charge in [0.2, 0.25) is 17.6 Å². The van der Waals surface area contributed by atoms with Gasteiger partial charge in [-0.05, 0) is 74.0 Å². The van der Waals surface area contributed by atoms with E-state index in [9.17, 15) is 24.0 Å². The number of urea groups is 1. The van der Waals surface area contributed by atoms with Crippen LogP contribution in [0.4, 0.5) is 4.79 Å². The zero-order valence-corrected chi connectivity index (χ0v) is 27.4. The van der Waals surface area contributed by atoms with Gasteiger partial charge in [0.15, 0.2) is 0 Å². The van der Waals surface area contributed by atoms with E-state index in [4.69, 9.17) is 5.73 Å². The zero-order valence-electron chi connectivity index (χ0n) is 27.4. The second-order valence-corrected chi connectivity index (χ2v) is 16.3. The molecule has 0 spiro atoms. The standard InChI is InChI=1S/C33H55N5O5/c1-31(2,3)18-32(4,5)37-30(43)36-24(20-14-9-8-10-15-20)29(42)38-17-21-23(33(21,6)7)25(38)28(41)35-22(26(39)27(34)40)16-19-12-11-13-19/h19-25H,8-18H2,1-7H3,(H2,34,40)(H,35,41)(H2,36,37,43)/t21?,22?,23?,24-,25-/m0/s1. The van der Waals surface area contributed by atoms with Crippen molar-refractivity contribution in [3.63, 3.8) is 0 Å². The van der Waals surface area contributed by atoms with Crippen LogP contribution in [0.25, 0.3) is 0 Å². The fourth-order valence-electron chi connectivity index (χ4n) is 8.42. The summed E-state index contributed by atoms with van der Waals surface area (Å²) < 4.78 is 0. The number of hydrogen-bond acceptors (Lipinski definition) is 5. The number of rotatable bonds is 11.